The third kappa shape index (κ3) is 4.84. The van der Waals surface area contributed by atoms with Gasteiger partial charge in [-0.3, -0.25) is 9.98 Å². The lowest BCUT2D eigenvalue weighted by Gasteiger charge is -2.12. The predicted octanol–water partition coefficient (Wildman–Crippen LogP) is 5.61. The predicted molar refractivity (Wildman–Crippen MR) is 100.0 cm³/mol. The van der Waals surface area contributed by atoms with Crippen LogP contribution in [0.1, 0.15) is 21.0 Å². The fraction of sp³-hybridized carbons (Fsp3) is 0.176. The first-order chi connectivity index (χ1) is 12.4. The third-order valence-corrected chi connectivity index (χ3v) is 5.40. The average Bonchev–Trinajstić information content (AvgIpc) is 3.28. The van der Waals surface area contributed by atoms with Crippen LogP contribution in [0.3, 0.4) is 0 Å². The van der Waals surface area contributed by atoms with Crippen LogP contribution in [0.25, 0.3) is 0 Å². The molecule has 0 aliphatic rings. The molecule has 3 nitrogen and oxygen atoms in total. The van der Waals surface area contributed by atoms with Crippen LogP contribution in [0.15, 0.2) is 52.3 Å². The van der Waals surface area contributed by atoms with Crippen molar-refractivity contribution in [1.82, 2.24) is 10.3 Å². The number of alkyl halides is 3. The van der Waals surface area contributed by atoms with Gasteiger partial charge in [-0.1, -0.05) is 23.7 Å². The minimum absolute atomic E-state index is 0.0940. The molecule has 0 aliphatic heterocycles. The van der Waals surface area contributed by atoms with Gasteiger partial charge in [0.1, 0.15) is 11.5 Å². The van der Waals surface area contributed by atoms with Gasteiger partial charge in [0, 0.05) is 16.0 Å². The molecule has 0 saturated heterocycles. The highest BCUT2D eigenvalue weighted by molar-refractivity contribution is 7.10. The standard InChI is InChI=1S/C17H13ClF3N3S2/c18-14-7-11(17(19,20)21)8-22-15(14)16(23-9-12-3-1-5-25-12)24-10-13-4-2-6-26-13/h1-8H,9-10H2,(H,23,24). The summed E-state index contributed by atoms with van der Waals surface area (Å²) in [4.78, 5) is 10.5. The largest absolute Gasteiger partial charge is 0.417 e. The number of nitrogens with one attached hydrogen (secondary N) is 1. The van der Waals surface area contributed by atoms with Crippen molar-refractivity contribution in [3.05, 3.63) is 73.3 Å². The third-order valence-electron chi connectivity index (χ3n) is 3.38. The summed E-state index contributed by atoms with van der Waals surface area (Å²) in [5, 5.41) is 6.93. The van der Waals surface area contributed by atoms with Crippen molar-refractivity contribution in [3.63, 3.8) is 0 Å². The second-order valence-corrected chi connectivity index (χ2v) is 7.70. The number of hydrogen-bond donors (Lipinski definition) is 1. The molecule has 26 heavy (non-hydrogen) atoms. The van der Waals surface area contributed by atoms with E-state index < -0.39 is 11.7 Å². The Kier molecular flexibility index (Phi) is 5.95. The van der Waals surface area contributed by atoms with Crippen LogP contribution in [0.4, 0.5) is 13.2 Å². The molecule has 0 amide bonds. The Hall–Kier alpha value is -1.90. The summed E-state index contributed by atoms with van der Waals surface area (Å²) >= 11 is 9.19. The maximum atomic E-state index is 12.8. The lowest BCUT2D eigenvalue weighted by Crippen LogP contribution is -2.25. The molecule has 0 unspecified atom stereocenters. The number of halogens is 4. The second kappa shape index (κ2) is 8.20. The van der Waals surface area contributed by atoms with Gasteiger partial charge in [-0.25, -0.2) is 0 Å². The van der Waals surface area contributed by atoms with Gasteiger partial charge in [0.15, 0.2) is 0 Å². The molecule has 0 fully saturated rings. The van der Waals surface area contributed by atoms with Crippen LogP contribution in [-0.4, -0.2) is 10.8 Å². The lowest BCUT2D eigenvalue weighted by molar-refractivity contribution is -0.137. The van der Waals surface area contributed by atoms with Gasteiger partial charge in [-0.15, -0.1) is 22.7 Å². The van der Waals surface area contributed by atoms with Crippen LogP contribution in [-0.2, 0) is 19.3 Å². The molecular formula is C17H13ClF3N3S2. The van der Waals surface area contributed by atoms with E-state index >= 15 is 0 Å². The van der Waals surface area contributed by atoms with Crippen molar-refractivity contribution < 1.29 is 13.2 Å². The monoisotopic (exact) mass is 415 g/mol. The Morgan fingerprint density at radius 3 is 2.42 bits per heavy atom. The van der Waals surface area contributed by atoms with Crippen LogP contribution < -0.4 is 5.32 Å². The van der Waals surface area contributed by atoms with E-state index in [1.165, 1.54) is 0 Å². The molecule has 0 saturated carbocycles. The first-order valence-electron chi connectivity index (χ1n) is 7.49. The molecule has 0 aromatic carbocycles. The second-order valence-electron chi connectivity index (χ2n) is 5.23. The van der Waals surface area contributed by atoms with Crippen LogP contribution in [0.5, 0.6) is 0 Å². The van der Waals surface area contributed by atoms with Crippen molar-refractivity contribution in [2.45, 2.75) is 19.3 Å². The zero-order valence-electron chi connectivity index (χ0n) is 13.3. The summed E-state index contributed by atoms with van der Waals surface area (Å²) in [5.74, 6) is 0.366. The number of aromatic nitrogens is 1. The molecule has 3 aromatic rings. The fourth-order valence-electron chi connectivity index (χ4n) is 2.13. The van der Waals surface area contributed by atoms with Gasteiger partial charge in [0.25, 0.3) is 0 Å². The molecule has 0 radical (unpaired) electrons. The molecule has 3 aromatic heterocycles. The van der Waals surface area contributed by atoms with E-state index in [0.717, 1.165) is 22.0 Å². The van der Waals surface area contributed by atoms with Crippen LogP contribution >= 0.6 is 34.3 Å². The van der Waals surface area contributed by atoms with Gasteiger partial charge in [-0.2, -0.15) is 13.2 Å². The molecule has 9 heteroatoms. The zero-order valence-corrected chi connectivity index (χ0v) is 15.6. The molecule has 136 valence electrons. The number of pyridine rings is 1. The minimum Gasteiger partial charge on any atom is -0.364 e. The Morgan fingerprint density at radius 1 is 1.15 bits per heavy atom. The van der Waals surface area contributed by atoms with Gasteiger partial charge in [-0.05, 0) is 29.0 Å². The van der Waals surface area contributed by atoms with Crippen molar-refractivity contribution in [1.29, 1.82) is 0 Å². The van der Waals surface area contributed by atoms with Crippen LogP contribution in [0.2, 0.25) is 5.02 Å². The van der Waals surface area contributed by atoms with E-state index in [1.807, 2.05) is 35.0 Å². The Bertz CT molecular complexity index is 875. The number of amidine groups is 1. The summed E-state index contributed by atoms with van der Waals surface area (Å²) in [6, 6.07) is 8.60. The number of rotatable bonds is 5. The lowest BCUT2D eigenvalue weighted by atomic mass is 10.2. The maximum Gasteiger partial charge on any atom is 0.417 e. The summed E-state index contributed by atoms with van der Waals surface area (Å²) in [6.45, 7) is 0.878. The van der Waals surface area contributed by atoms with Crippen molar-refractivity contribution in [2.24, 2.45) is 4.99 Å². The SMILES string of the molecule is FC(F)(F)c1cnc(C(=NCc2cccs2)NCc2cccs2)c(Cl)c1. The summed E-state index contributed by atoms with van der Waals surface area (Å²) in [7, 11) is 0. The van der Waals surface area contributed by atoms with E-state index in [0.29, 0.717) is 18.9 Å². The molecular weight excluding hydrogens is 403 g/mol. The fourth-order valence-corrected chi connectivity index (χ4v) is 3.65. The summed E-state index contributed by atoms with van der Waals surface area (Å²) < 4.78 is 38.5. The van der Waals surface area contributed by atoms with Gasteiger partial charge >= 0.3 is 6.18 Å². The normalized spacial score (nSPS) is 12.4. The molecule has 0 bridgehead atoms. The smallest absolute Gasteiger partial charge is 0.364 e. The van der Waals surface area contributed by atoms with Gasteiger partial charge in [0.05, 0.1) is 23.7 Å². The molecule has 0 spiro atoms. The van der Waals surface area contributed by atoms with Crippen molar-refractivity contribution >= 4 is 40.1 Å². The number of hydrogen-bond acceptors (Lipinski definition) is 4. The molecule has 0 aliphatic carbocycles. The summed E-state index contributed by atoms with van der Waals surface area (Å²) in [5.41, 5.74) is -0.685. The number of thiophene rings is 2. The quantitative estimate of drug-likeness (QED) is 0.434. The Morgan fingerprint density at radius 2 is 1.85 bits per heavy atom. The molecule has 0 atom stereocenters. The van der Waals surface area contributed by atoms with Crippen molar-refractivity contribution in [2.75, 3.05) is 0 Å². The van der Waals surface area contributed by atoms with E-state index in [4.69, 9.17) is 11.6 Å². The van der Waals surface area contributed by atoms with E-state index in [2.05, 4.69) is 15.3 Å². The number of nitrogens with zero attached hydrogens (tertiary/aromatic N) is 2. The minimum atomic E-state index is -4.49. The first kappa shape index (κ1) is 18.9. The highest BCUT2D eigenvalue weighted by atomic mass is 35.5. The van der Waals surface area contributed by atoms with Gasteiger partial charge < -0.3 is 5.32 Å². The van der Waals surface area contributed by atoms with E-state index in [9.17, 15) is 13.2 Å². The Balaban J connectivity index is 1.87. The summed E-state index contributed by atoms with van der Waals surface area (Å²) in [6.07, 6.45) is -3.72. The van der Waals surface area contributed by atoms with Crippen LogP contribution in [0, 0.1) is 0 Å². The van der Waals surface area contributed by atoms with E-state index in [1.54, 1.807) is 22.7 Å². The molecule has 3 rings (SSSR count). The van der Waals surface area contributed by atoms with Crippen molar-refractivity contribution in [3.8, 4) is 0 Å². The van der Waals surface area contributed by atoms with Gasteiger partial charge in [0.2, 0.25) is 0 Å². The topological polar surface area (TPSA) is 37.3 Å². The highest BCUT2D eigenvalue weighted by Crippen LogP contribution is 2.31. The zero-order chi connectivity index (χ0) is 18.6. The Labute approximate surface area is 161 Å². The van der Waals surface area contributed by atoms with E-state index in [-0.39, 0.29) is 10.7 Å². The first-order valence-corrected chi connectivity index (χ1v) is 9.63. The molecule has 1 N–H and O–H groups in total. The molecule has 3 heterocycles. The average molecular weight is 416 g/mol. The highest BCUT2D eigenvalue weighted by Gasteiger charge is 2.32. The number of aliphatic imine (C=N–C) groups is 1. The maximum absolute atomic E-state index is 12.8.